The lowest BCUT2D eigenvalue weighted by Gasteiger charge is -2.31. The van der Waals surface area contributed by atoms with Crippen LogP contribution in [-0.2, 0) is 0 Å². The molecule has 3 N–H and O–H groups in total. The zero-order valence-electron chi connectivity index (χ0n) is 9.37. The molecule has 0 radical (unpaired) electrons. The molecular formula is C11H15N3O3. The van der Waals surface area contributed by atoms with Gasteiger partial charge in [-0.2, -0.15) is 0 Å². The maximum absolute atomic E-state index is 11.7. The van der Waals surface area contributed by atoms with Gasteiger partial charge in [-0.15, -0.1) is 0 Å². The minimum absolute atomic E-state index is 0.0682. The first-order chi connectivity index (χ1) is 8.08. The fourth-order valence-corrected chi connectivity index (χ4v) is 2.14. The van der Waals surface area contributed by atoms with Crippen molar-refractivity contribution in [1.82, 2.24) is 9.47 Å². The van der Waals surface area contributed by atoms with Crippen LogP contribution in [0.25, 0.3) is 0 Å². The maximum Gasteiger partial charge on any atom is 0.407 e. The Morgan fingerprint density at radius 1 is 1.41 bits per heavy atom. The third kappa shape index (κ3) is 2.41. The summed E-state index contributed by atoms with van der Waals surface area (Å²) in [5.41, 5.74) is 5.85. The highest BCUT2D eigenvalue weighted by Crippen LogP contribution is 2.21. The van der Waals surface area contributed by atoms with Gasteiger partial charge in [0.25, 0.3) is 5.56 Å². The Morgan fingerprint density at radius 2 is 2.06 bits per heavy atom. The van der Waals surface area contributed by atoms with Crippen LogP contribution in [0.2, 0.25) is 0 Å². The molecule has 6 heteroatoms. The molecule has 1 aliphatic rings. The van der Waals surface area contributed by atoms with Gasteiger partial charge in [-0.25, -0.2) is 4.79 Å². The summed E-state index contributed by atoms with van der Waals surface area (Å²) in [6.07, 6.45) is 2.11. The number of hydrogen-bond donors (Lipinski definition) is 2. The van der Waals surface area contributed by atoms with Crippen molar-refractivity contribution in [3.05, 3.63) is 28.7 Å². The van der Waals surface area contributed by atoms with Gasteiger partial charge < -0.3 is 20.3 Å². The molecule has 2 rings (SSSR count). The number of amides is 1. The van der Waals surface area contributed by atoms with E-state index in [9.17, 15) is 9.59 Å². The second-order valence-corrected chi connectivity index (χ2v) is 4.21. The van der Waals surface area contributed by atoms with E-state index in [4.69, 9.17) is 10.8 Å². The molecule has 1 saturated heterocycles. The third-order valence-corrected chi connectivity index (χ3v) is 3.10. The van der Waals surface area contributed by atoms with Crippen molar-refractivity contribution in [1.29, 1.82) is 0 Å². The van der Waals surface area contributed by atoms with Gasteiger partial charge in [0.05, 0.1) is 0 Å². The molecule has 0 aliphatic carbocycles. The number of nitrogen functional groups attached to an aromatic ring is 1. The first kappa shape index (κ1) is 11.5. The Bertz CT molecular complexity index is 475. The van der Waals surface area contributed by atoms with Gasteiger partial charge in [-0.05, 0) is 18.9 Å². The number of likely N-dealkylation sites (tertiary alicyclic amines) is 1. The molecule has 0 spiro atoms. The quantitative estimate of drug-likeness (QED) is 0.754. The second-order valence-electron chi connectivity index (χ2n) is 4.21. The summed E-state index contributed by atoms with van der Waals surface area (Å²) in [7, 11) is 0. The Labute approximate surface area is 98.3 Å². The van der Waals surface area contributed by atoms with Gasteiger partial charge in [-0.3, -0.25) is 4.79 Å². The Balaban J connectivity index is 2.10. The number of carbonyl (C=O) groups is 1. The molecule has 92 valence electrons. The van der Waals surface area contributed by atoms with Crippen LogP contribution in [0.15, 0.2) is 23.1 Å². The van der Waals surface area contributed by atoms with E-state index in [2.05, 4.69) is 0 Å². The SMILES string of the molecule is Nc1ccn(C2CCN(C(=O)O)CC2)c(=O)c1. The highest BCUT2D eigenvalue weighted by Gasteiger charge is 2.23. The summed E-state index contributed by atoms with van der Waals surface area (Å²) < 4.78 is 1.63. The van der Waals surface area contributed by atoms with E-state index in [0.717, 1.165) is 0 Å². The second kappa shape index (κ2) is 4.48. The predicted molar refractivity (Wildman–Crippen MR) is 63.0 cm³/mol. The van der Waals surface area contributed by atoms with Crippen molar-refractivity contribution in [2.24, 2.45) is 0 Å². The zero-order valence-corrected chi connectivity index (χ0v) is 9.37. The summed E-state index contributed by atoms with van der Waals surface area (Å²) in [5, 5.41) is 8.83. The van der Waals surface area contributed by atoms with E-state index in [1.54, 1.807) is 16.8 Å². The van der Waals surface area contributed by atoms with E-state index < -0.39 is 6.09 Å². The number of piperidine rings is 1. The highest BCUT2D eigenvalue weighted by atomic mass is 16.4. The van der Waals surface area contributed by atoms with Crippen molar-refractivity contribution in [2.75, 3.05) is 18.8 Å². The van der Waals surface area contributed by atoms with Crippen molar-refractivity contribution in [2.45, 2.75) is 18.9 Å². The van der Waals surface area contributed by atoms with E-state index in [0.29, 0.717) is 31.6 Å². The minimum Gasteiger partial charge on any atom is -0.465 e. The zero-order chi connectivity index (χ0) is 12.4. The van der Waals surface area contributed by atoms with Crippen LogP contribution in [-0.4, -0.2) is 33.8 Å². The number of aromatic nitrogens is 1. The molecule has 0 atom stereocenters. The van der Waals surface area contributed by atoms with Gasteiger partial charge in [0, 0.05) is 37.1 Å². The van der Waals surface area contributed by atoms with Crippen LogP contribution < -0.4 is 11.3 Å². The lowest BCUT2D eigenvalue weighted by Crippen LogP contribution is -2.39. The largest absolute Gasteiger partial charge is 0.465 e. The van der Waals surface area contributed by atoms with Crippen molar-refractivity contribution < 1.29 is 9.90 Å². The Morgan fingerprint density at radius 3 is 2.59 bits per heavy atom. The number of carboxylic acid groups (broad SMARTS) is 1. The number of anilines is 1. The predicted octanol–water partition coefficient (Wildman–Crippen LogP) is 0.745. The first-order valence-electron chi connectivity index (χ1n) is 5.53. The molecule has 0 unspecified atom stereocenters. The Kier molecular flexibility index (Phi) is 3.03. The summed E-state index contributed by atoms with van der Waals surface area (Å²) in [6.45, 7) is 0.938. The lowest BCUT2D eigenvalue weighted by atomic mass is 10.1. The van der Waals surface area contributed by atoms with Crippen molar-refractivity contribution in [3.63, 3.8) is 0 Å². The summed E-state index contributed by atoms with van der Waals surface area (Å²) in [5.74, 6) is 0. The van der Waals surface area contributed by atoms with Crippen LogP contribution >= 0.6 is 0 Å². The van der Waals surface area contributed by atoms with Crippen LogP contribution in [0.3, 0.4) is 0 Å². The third-order valence-electron chi connectivity index (χ3n) is 3.10. The molecule has 2 heterocycles. The first-order valence-corrected chi connectivity index (χ1v) is 5.53. The molecule has 17 heavy (non-hydrogen) atoms. The van der Waals surface area contributed by atoms with Gasteiger partial charge in [-0.1, -0.05) is 0 Å². The molecular weight excluding hydrogens is 222 g/mol. The molecule has 0 aromatic carbocycles. The topological polar surface area (TPSA) is 88.6 Å². The maximum atomic E-state index is 11.7. The van der Waals surface area contributed by atoms with Crippen LogP contribution in [0.5, 0.6) is 0 Å². The molecule has 1 fully saturated rings. The molecule has 6 nitrogen and oxygen atoms in total. The van der Waals surface area contributed by atoms with E-state index >= 15 is 0 Å². The fourth-order valence-electron chi connectivity index (χ4n) is 2.14. The van der Waals surface area contributed by atoms with Crippen LogP contribution in [0, 0.1) is 0 Å². The number of rotatable bonds is 1. The molecule has 1 aromatic heterocycles. The monoisotopic (exact) mass is 237 g/mol. The fraction of sp³-hybridized carbons (Fsp3) is 0.455. The standard InChI is InChI=1S/C11H15N3O3/c12-8-1-6-14(10(15)7-8)9-2-4-13(5-3-9)11(16)17/h1,6-7,9H,2-5,12H2,(H,16,17). The summed E-state index contributed by atoms with van der Waals surface area (Å²) in [4.78, 5) is 23.8. The normalized spacial score (nSPS) is 17.1. The number of pyridine rings is 1. The van der Waals surface area contributed by atoms with Crippen LogP contribution in [0.1, 0.15) is 18.9 Å². The van der Waals surface area contributed by atoms with Crippen LogP contribution in [0.4, 0.5) is 10.5 Å². The van der Waals surface area contributed by atoms with Gasteiger partial charge in [0.2, 0.25) is 0 Å². The molecule has 1 aromatic rings. The summed E-state index contributed by atoms with van der Waals surface area (Å²) in [6, 6.07) is 3.15. The van der Waals surface area contributed by atoms with E-state index in [1.165, 1.54) is 11.0 Å². The van der Waals surface area contributed by atoms with Crippen molar-refractivity contribution >= 4 is 11.8 Å². The van der Waals surface area contributed by atoms with E-state index in [-0.39, 0.29) is 11.6 Å². The lowest BCUT2D eigenvalue weighted by molar-refractivity contribution is 0.125. The van der Waals surface area contributed by atoms with Gasteiger partial charge >= 0.3 is 6.09 Å². The molecule has 1 amide bonds. The minimum atomic E-state index is -0.895. The average molecular weight is 237 g/mol. The molecule has 0 bridgehead atoms. The number of nitrogens with zero attached hydrogens (tertiary/aromatic N) is 2. The summed E-state index contributed by atoms with van der Waals surface area (Å²) >= 11 is 0. The van der Waals surface area contributed by atoms with Crippen molar-refractivity contribution in [3.8, 4) is 0 Å². The molecule has 1 aliphatic heterocycles. The van der Waals surface area contributed by atoms with E-state index in [1.807, 2.05) is 0 Å². The number of nitrogens with two attached hydrogens (primary N) is 1. The Hall–Kier alpha value is -1.98. The average Bonchev–Trinajstić information content (AvgIpc) is 2.29. The van der Waals surface area contributed by atoms with Gasteiger partial charge in [0.1, 0.15) is 0 Å². The smallest absolute Gasteiger partial charge is 0.407 e. The number of hydrogen-bond acceptors (Lipinski definition) is 3. The highest BCUT2D eigenvalue weighted by molar-refractivity contribution is 5.65. The van der Waals surface area contributed by atoms with Gasteiger partial charge in [0.15, 0.2) is 0 Å². The molecule has 0 saturated carbocycles.